The summed E-state index contributed by atoms with van der Waals surface area (Å²) in [6.07, 6.45) is 1.20. The van der Waals surface area contributed by atoms with Crippen molar-refractivity contribution >= 4 is 11.7 Å². The molecule has 2 rings (SSSR count). The van der Waals surface area contributed by atoms with Crippen molar-refractivity contribution in [1.82, 2.24) is 0 Å². The smallest absolute Gasteiger partial charge is 0.329 e. The molecule has 4 nitrogen and oxygen atoms in total. The van der Waals surface area contributed by atoms with Crippen LogP contribution in [0.25, 0.3) is 0 Å². The van der Waals surface area contributed by atoms with Gasteiger partial charge in [-0.25, -0.2) is 9.86 Å². The predicted molar refractivity (Wildman–Crippen MR) is 86.7 cm³/mol. The molecule has 0 radical (unpaired) electrons. The maximum atomic E-state index is 11.8. The Morgan fingerprint density at radius 2 is 1.68 bits per heavy atom. The molecule has 116 valence electrons. The normalized spacial score (nSPS) is 11.9. The van der Waals surface area contributed by atoms with Gasteiger partial charge in [0.25, 0.3) is 0 Å². The summed E-state index contributed by atoms with van der Waals surface area (Å²) in [7, 11) is 0. The van der Waals surface area contributed by atoms with E-state index >= 15 is 0 Å². The number of aliphatic carboxylic acids is 1. The van der Waals surface area contributed by atoms with Crippen LogP contribution in [0, 0.1) is 0 Å². The molecule has 0 aliphatic carbocycles. The lowest BCUT2D eigenvalue weighted by Crippen LogP contribution is -2.43. The number of para-hydroxylation sites is 1. The fourth-order valence-electron chi connectivity index (χ4n) is 2.22. The monoisotopic (exact) mass is 299 g/mol. The van der Waals surface area contributed by atoms with E-state index in [1.807, 2.05) is 67.6 Å². The van der Waals surface area contributed by atoms with E-state index in [-0.39, 0.29) is 0 Å². The van der Waals surface area contributed by atoms with Crippen LogP contribution in [-0.4, -0.2) is 23.7 Å². The second-order valence-electron chi connectivity index (χ2n) is 5.04. The van der Waals surface area contributed by atoms with Gasteiger partial charge in [0.1, 0.15) is 0 Å². The zero-order chi connectivity index (χ0) is 15.8. The number of carboxylic acid groups (broad SMARTS) is 1. The highest BCUT2D eigenvalue weighted by atomic mass is 16.7. The average Bonchev–Trinajstić information content (AvgIpc) is 2.56. The number of anilines is 1. The molecule has 0 bridgehead atoms. The van der Waals surface area contributed by atoms with Crippen LogP contribution < -0.4 is 5.06 Å². The second-order valence-corrected chi connectivity index (χ2v) is 5.04. The lowest BCUT2D eigenvalue weighted by Gasteiger charge is -2.30. The third-order valence-corrected chi connectivity index (χ3v) is 3.29. The van der Waals surface area contributed by atoms with Crippen LogP contribution in [-0.2, 0) is 16.1 Å². The number of hydroxylamine groups is 1. The molecule has 0 aliphatic rings. The molecule has 0 spiro atoms. The molecule has 2 aromatic rings. The quantitative estimate of drug-likeness (QED) is 0.758. The Bertz CT molecular complexity index is 571. The Labute approximate surface area is 130 Å². The van der Waals surface area contributed by atoms with Crippen molar-refractivity contribution in [3.05, 3.63) is 66.2 Å². The molecule has 0 fully saturated rings. The number of hydrogen-bond acceptors (Lipinski definition) is 3. The van der Waals surface area contributed by atoms with Gasteiger partial charge in [-0.05, 0) is 24.1 Å². The van der Waals surface area contributed by atoms with E-state index in [1.165, 1.54) is 5.06 Å². The third kappa shape index (κ3) is 4.33. The first-order valence-corrected chi connectivity index (χ1v) is 7.46. The van der Waals surface area contributed by atoms with Crippen molar-refractivity contribution in [2.75, 3.05) is 11.7 Å². The molecule has 0 aliphatic heterocycles. The van der Waals surface area contributed by atoms with E-state index in [4.69, 9.17) is 4.84 Å². The molecule has 2 aromatic carbocycles. The van der Waals surface area contributed by atoms with Gasteiger partial charge >= 0.3 is 5.97 Å². The minimum atomic E-state index is -0.899. The highest BCUT2D eigenvalue weighted by molar-refractivity contribution is 5.78. The summed E-state index contributed by atoms with van der Waals surface area (Å²) in [5.74, 6) is -0.899. The third-order valence-electron chi connectivity index (χ3n) is 3.29. The van der Waals surface area contributed by atoms with Crippen molar-refractivity contribution in [3.8, 4) is 0 Å². The van der Waals surface area contributed by atoms with Gasteiger partial charge in [0, 0.05) is 6.42 Å². The summed E-state index contributed by atoms with van der Waals surface area (Å²) in [6, 6.07) is 18.2. The Morgan fingerprint density at radius 1 is 1.09 bits per heavy atom. The summed E-state index contributed by atoms with van der Waals surface area (Å²) in [4.78, 5) is 17.5. The van der Waals surface area contributed by atoms with Crippen LogP contribution in [0.15, 0.2) is 60.7 Å². The van der Waals surface area contributed by atoms with Gasteiger partial charge in [-0.1, -0.05) is 55.5 Å². The molecule has 1 atom stereocenters. The van der Waals surface area contributed by atoms with Crippen LogP contribution in [0.4, 0.5) is 5.69 Å². The Kier molecular flexibility index (Phi) is 5.98. The van der Waals surface area contributed by atoms with Gasteiger partial charge < -0.3 is 5.11 Å². The molecule has 0 saturated heterocycles. The summed E-state index contributed by atoms with van der Waals surface area (Å²) in [5, 5.41) is 11.2. The lowest BCUT2D eigenvalue weighted by atomic mass is 10.1. The van der Waals surface area contributed by atoms with Gasteiger partial charge in [0.15, 0.2) is 6.04 Å². The number of hydrogen-bond donors (Lipinski definition) is 1. The maximum Gasteiger partial charge on any atom is 0.329 e. The molecule has 22 heavy (non-hydrogen) atoms. The van der Waals surface area contributed by atoms with Crippen molar-refractivity contribution in [2.45, 2.75) is 25.8 Å². The molecule has 0 heterocycles. The summed E-state index contributed by atoms with van der Waals surface area (Å²) in [5.41, 5.74) is 1.72. The number of carbonyl (C=O) groups is 1. The highest BCUT2D eigenvalue weighted by Crippen LogP contribution is 2.20. The van der Waals surface area contributed by atoms with Gasteiger partial charge in [-0.15, -0.1) is 0 Å². The number of carboxylic acids is 1. The van der Waals surface area contributed by atoms with E-state index in [0.29, 0.717) is 13.0 Å². The van der Waals surface area contributed by atoms with Crippen molar-refractivity contribution in [2.24, 2.45) is 0 Å². The molecule has 0 aromatic heterocycles. The van der Waals surface area contributed by atoms with E-state index in [2.05, 4.69) is 0 Å². The van der Waals surface area contributed by atoms with E-state index in [0.717, 1.165) is 17.7 Å². The predicted octanol–water partition coefficient (Wildman–Crippen LogP) is 3.53. The summed E-state index contributed by atoms with van der Waals surface area (Å²) >= 11 is 0. The average molecular weight is 299 g/mol. The molecule has 0 amide bonds. The van der Waals surface area contributed by atoms with Crippen LogP contribution in [0.1, 0.15) is 18.9 Å². The Hall–Kier alpha value is -2.33. The minimum Gasteiger partial charge on any atom is -0.480 e. The fraction of sp³-hybridized carbons (Fsp3) is 0.278. The zero-order valence-electron chi connectivity index (χ0n) is 12.7. The maximum absolute atomic E-state index is 11.8. The fourth-order valence-corrected chi connectivity index (χ4v) is 2.22. The van der Waals surface area contributed by atoms with E-state index in [1.54, 1.807) is 0 Å². The van der Waals surface area contributed by atoms with Crippen LogP contribution >= 0.6 is 0 Å². The largest absolute Gasteiger partial charge is 0.480 e. The molecule has 4 heteroatoms. The van der Waals surface area contributed by atoms with Crippen LogP contribution in [0.5, 0.6) is 0 Å². The van der Waals surface area contributed by atoms with Crippen molar-refractivity contribution in [3.63, 3.8) is 0 Å². The van der Waals surface area contributed by atoms with Gasteiger partial charge in [0.05, 0.1) is 12.3 Å². The zero-order valence-corrected chi connectivity index (χ0v) is 12.7. The lowest BCUT2D eigenvalue weighted by molar-refractivity contribution is -0.140. The second kappa shape index (κ2) is 8.20. The van der Waals surface area contributed by atoms with Crippen molar-refractivity contribution < 1.29 is 14.7 Å². The first-order valence-electron chi connectivity index (χ1n) is 7.46. The molecule has 1 N–H and O–H groups in total. The van der Waals surface area contributed by atoms with E-state index in [9.17, 15) is 9.90 Å². The summed E-state index contributed by atoms with van der Waals surface area (Å²) < 4.78 is 0. The number of benzene rings is 2. The van der Waals surface area contributed by atoms with Gasteiger partial charge in [-0.3, -0.25) is 4.84 Å². The number of rotatable bonds is 8. The summed E-state index contributed by atoms with van der Waals surface area (Å²) in [6.45, 7) is 2.48. The molecular weight excluding hydrogens is 278 g/mol. The Balaban J connectivity index is 2.26. The van der Waals surface area contributed by atoms with Crippen LogP contribution in [0.3, 0.4) is 0 Å². The highest BCUT2D eigenvalue weighted by Gasteiger charge is 2.27. The Morgan fingerprint density at radius 3 is 2.23 bits per heavy atom. The van der Waals surface area contributed by atoms with Crippen LogP contribution in [0.2, 0.25) is 0 Å². The van der Waals surface area contributed by atoms with Gasteiger partial charge in [-0.2, -0.15) is 0 Å². The van der Waals surface area contributed by atoms with Crippen molar-refractivity contribution in [1.29, 1.82) is 0 Å². The first kappa shape index (κ1) is 16.0. The topological polar surface area (TPSA) is 49.8 Å². The SMILES string of the molecule is CCCON(c1ccccc1)[C@@H](Cc1ccccc1)C(=O)O. The molecule has 0 unspecified atom stereocenters. The molecular formula is C18H21NO3. The van der Waals surface area contributed by atoms with E-state index < -0.39 is 12.0 Å². The first-order chi connectivity index (χ1) is 10.7. The standard InChI is InChI=1S/C18H21NO3/c1-2-13-22-19(16-11-7-4-8-12-16)17(18(20)21)14-15-9-5-3-6-10-15/h3-12,17H,2,13-14H2,1H3,(H,20,21)/t17-/m0/s1. The number of nitrogens with zero attached hydrogens (tertiary/aromatic N) is 1. The minimum absolute atomic E-state index is 0.384. The molecule has 0 saturated carbocycles. The van der Waals surface area contributed by atoms with Gasteiger partial charge in [0.2, 0.25) is 0 Å².